The molecule has 8 nitrogen and oxygen atoms in total. The van der Waals surface area contributed by atoms with Crippen LogP contribution >= 0.6 is 0 Å². The van der Waals surface area contributed by atoms with Crippen molar-refractivity contribution < 1.29 is 19.1 Å². The summed E-state index contributed by atoms with van der Waals surface area (Å²) in [5.41, 5.74) is 0.0173. The maximum atomic E-state index is 13.2. The zero-order valence-corrected chi connectivity index (χ0v) is 19.1. The zero-order valence-electron chi connectivity index (χ0n) is 19.1. The number of hydrogen-bond acceptors (Lipinski definition) is 5. The van der Waals surface area contributed by atoms with Gasteiger partial charge in [0.2, 0.25) is 11.8 Å². The average Bonchev–Trinajstić information content (AvgIpc) is 2.63. The Labute approximate surface area is 184 Å². The summed E-state index contributed by atoms with van der Waals surface area (Å²) in [5.74, 6) is -1.03. The molecule has 0 aliphatic carbocycles. The van der Waals surface area contributed by atoms with Crippen molar-refractivity contribution in [3.05, 3.63) is 42.0 Å². The van der Waals surface area contributed by atoms with Gasteiger partial charge in [0, 0.05) is 5.54 Å². The molecule has 8 heteroatoms. The Morgan fingerprint density at radius 3 is 2.39 bits per heavy atom. The fourth-order valence-corrected chi connectivity index (χ4v) is 2.73. The summed E-state index contributed by atoms with van der Waals surface area (Å²) in [6.07, 6.45) is 0.866. The van der Waals surface area contributed by atoms with Gasteiger partial charge in [-0.2, -0.15) is 5.26 Å². The number of ether oxygens (including phenoxy) is 1. The molecule has 1 unspecified atom stereocenters. The topological polar surface area (TPSA) is 112 Å². The number of alkyl carbamates (subject to hydrolysis) is 1. The highest BCUT2D eigenvalue weighted by atomic mass is 16.6. The monoisotopic (exact) mass is 428 g/mol. The number of nitriles is 1. The second-order valence-electron chi connectivity index (χ2n) is 9.05. The number of rotatable bonds is 7. The van der Waals surface area contributed by atoms with Gasteiger partial charge in [-0.1, -0.05) is 30.9 Å². The number of carbonyl (C=O) groups excluding carboxylic acids is 3. The van der Waals surface area contributed by atoms with E-state index in [0.29, 0.717) is 5.56 Å². The molecule has 0 spiro atoms. The molecule has 0 aliphatic rings. The van der Waals surface area contributed by atoms with Crippen LogP contribution in [0.25, 0.3) is 6.08 Å². The normalized spacial score (nSPS) is 12.2. The van der Waals surface area contributed by atoms with Gasteiger partial charge >= 0.3 is 6.09 Å². The molecule has 0 bridgehead atoms. The van der Waals surface area contributed by atoms with Crippen molar-refractivity contribution in [3.8, 4) is 6.07 Å². The fraction of sp³-hybridized carbons (Fsp3) is 0.478. The maximum Gasteiger partial charge on any atom is 0.408 e. The molecule has 1 rings (SSSR count). The average molecular weight is 429 g/mol. The van der Waals surface area contributed by atoms with E-state index in [9.17, 15) is 19.6 Å². The first-order chi connectivity index (χ1) is 14.3. The minimum Gasteiger partial charge on any atom is -0.444 e. The Balaban J connectivity index is 3.24. The summed E-state index contributed by atoms with van der Waals surface area (Å²) in [6, 6.07) is 7.87. The molecule has 1 aromatic carbocycles. The van der Waals surface area contributed by atoms with E-state index in [1.54, 1.807) is 45.0 Å². The summed E-state index contributed by atoms with van der Waals surface area (Å²) in [4.78, 5) is 39.2. The van der Waals surface area contributed by atoms with Crippen molar-refractivity contribution in [1.82, 2.24) is 15.5 Å². The Bertz CT molecular complexity index is 860. The Kier molecular flexibility index (Phi) is 8.80. The SMILES string of the molecule is C=Cc1cccc(C(C(=O)NC(C)(C)C)N(CC#N)C(=O)CNC(=O)OC(C)(C)C)c1. The van der Waals surface area contributed by atoms with E-state index in [-0.39, 0.29) is 6.54 Å². The Morgan fingerprint density at radius 1 is 1.23 bits per heavy atom. The minimum atomic E-state index is -1.06. The summed E-state index contributed by atoms with van der Waals surface area (Å²) in [5, 5.41) is 14.6. The number of nitrogens with one attached hydrogen (secondary N) is 2. The first-order valence-corrected chi connectivity index (χ1v) is 9.95. The van der Waals surface area contributed by atoms with Crippen LogP contribution in [-0.4, -0.2) is 47.0 Å². The quantitative estimate of drug-likeness (QED) is 0.648. The van der Waals surface area contributed by atoms with Gasteiger partial charge in [-0.25, -0.2) is 4.79 Å². The second kappa shape index (κ2) is 10.6. The van der Waals surface area contributed by atoms with Crippen molar-refractivity contribution in [2.24, 2.45) is 0 Å². The molecular formula is C23H32N4O4. The molecule has 0 aromatic heterocycles. The molecule has 0 aliphatic heterocycles. The van der Waals surface area contributed by atoms with E-state index in [0.717, 1.165) is 10.5 Å². The number of benzene rings is 1. The van der Waals surface area contributed by atoms with E-state index in [2.05, 4.69) is 17.2 Å². The first kappa shape index (κ1) is 25.7. The lowest BCUT2D eigenvalue weighted by Crippen LogP contribution is -2.51. The lowest BCUT2D eigenvalue weighted by Gasteiger charge is -2.32. The highest BCUT2D eigenvalue weighted by molar-refractivity contribution is 5.91. The van der Waals surface area contributed by atoms with Gasteiger partial charge in [0.15, 0.2) is 0 Å². The molecule has 1 aromatic rings. The zero-order chi connectivity index (χ0) is 23.8. The van der Waals surface area contributed by atoms with E-state index in [1.165, 1.54) is 0 Å². The smallest absolute Gasteiger partial charge is 0.408 e. The highest BCUT2D eigenvalue weighted by Gasteiger charge is 2.33. The Hall–Kier alpha value is -3.34. The van der Waals surface area contributed by atoms with Crippen LogP contribution in [0.1, 0.15) is 58.7 Å². The first-order valence-electron chi connectivity index (χ1n) is 9.95. The maximum absolute atomic E-state index is 13.2. The van der Waals surface area contributed by atoms with E-state index in [1.807, 2.05) is 32.9 Å². The molecule has 31 heavy (non-hydrogen) atoms. The van der Waals surface area contributed by atoms with Gasteiger partial charge in [0.25, 0.3) is 0 Å². The van der Waals surface area contributed by atoms with Gasteiger partial charge < -0.3 is 20.3 Å². The van der Waals surface area contributed by atoms with Gasteiger partial charge in [-0.3, -0.25) is 9.59 Å². The molecule has 1 atom stereocenters. The van der Waals surface area contributed by atoms with Crippen LogP contribution in [0, 0.1) is 11.3 Å². The molecule has 0 heterocycles. The largest absolute Gasteiger partial charge is 0.444 e. The molecule has 0 fully saturated rings. The summed E-state index contributed by atoms with van der Waals surface area (Å²) < 4.78 is 5.14. The van der Waals surface area contributed by atoms with Crippen LogP contribution in [0.4, 0.5) is 4.79 Å². The van der Waals surface area contributed by atoms with Crippen LogP contribution < -0.4 is 10.6 Å². The van der Waals surface area contributed by atoms with Gasteiger partial charge in [0.1, 0.15) is 24.7 Å². The van der Waals surface area contributed by atoms with Crippen molar-refractivity contribution in [1.29, 1.82) is 5.26 Å². The summed E-state index contributed by atoms with van der Waals surface area (Å²) >= 11 is 0. The predicted molar refractivity (Wildman–Crippen MR) is 119 cm³/mol. The van der Waals surface area contributed by atoms with Gasteiger partial charge in [-0.05, 0) is 58.7 Å². The van der Waals surface area contributed by atoms with E-state index >= 15 is 0 Å². The van der Waals surface area contributed by atoms with Crippen LogP contribution in [0.5, 0.6) is 0 Å². The third-order valence-corrected chi connectivity index (χ3v) is 3.86. The van der Waals surface area contributed by atoms with Crippen LogP contribution in [-0.2, 0) is 14.3 Å². The molecule has 2 N–H and O–H groups in total. The number of amides is 3. The summed E-state index contributed by atoms with van der Waals surface area (Å²) in [6.45, 7) is 13.6. The molecule has 0 radical (unpaired) electrons. The molecule has 3 amide bonds. The second-order valence-corrected chi connectivity index (χ2v) is 9.05. The standard InChI is InChI=1S/C23H32N4O4/c1-8-16-10-9-11-17(14-16)19(20(29)26-22(2,3)4)27(13-12-24)18(28)15-25-21(30)31-23(5,6)7/h8-11,14,19H,1,13,15H2,2-7H3,(H,25,30)(H,26,29). The van der Waals surface area contributed by atoms with Crippen molar-refractivity contribution >= 4 is 24.0 Å². The Morgan fingerprint density at radius 2 is 1.87 bits per heavy atom. The van der Waals surface area contributed by atoms with E-state index < -0.39 is 41.6 Å². The molecule has 168 valence electrons. The van der Waals surface area contributed by atoms with Crippen molar-refractivity contribution in [2.75, 3.05) is 13.1 Å². The fourth-order valence-electron chi connectivity index (χ4n) is 2.73. The van der Waals surface area contributed by atoms with Crippen molar-refractivity contribution in [3.63, 3.8) is 0 Å². The van der Waals surface area contributed by atoms with Gasteiger partial charge in [0.05, 0.1) is 6.07 Å². The number of carbonyl (C=O) groups is 3. The van der Waals surface area contributed by atoms with Crippen LogP contribution in [0.15, 0.2) is 30.8 Å². The molecule has 0 saturated heterocycles. The molecular weight excluding hydrogens is 396 g/mol. The van der Waals surface area contributed by atoms with Crippen LogP contribution in [0.3, 0.4) is 0 Å². The van der Waals surface area contributed by atoms with Crippen LogP contribution in [0.2, 0.25) is 0 Å². The number of hydrogen-bond donors (Lipinski definition) is 2. The lowest BCUT2D eigenvalue weighted by atomic mass is 9.99. The highest BCUT2D eigenvalue weighted by Crippen LogP contribution is 2.24. The third kappa shape index (κ3) is 8.91. The summed E-state index contributed by atoms with van der Waals surface area (Å²) in [7, 11) is 0. The minimum absolute atomic E-state index is 0.338. The molecule has 0 saturated carbocycles. The lowest BCUT2D eigenvalue weighted by molar-refractivity contribution is -0.140. The van der Waals surface area contributed by atoms with Crippen molar-refractivity contribution in [2.45, 2.75) is 58.7 Å². The van der Waals surface area contributed by atoms with Gasteiger partial charge in [-0.15, -0.1) is 0 Å². The predicted octanol–water partition coefficient (Wildman–Crippen LogP) is 3.16. The number of nitrogens with zero attached hydrogens (tertiary/aromatic N) is 2. The third-order valence-electron chi connectivity index (χ3n) is 3.86. The van der Waals surface area contributed by atoms with E-state index in [4.69, 9.17) is 4.74 Å².